The third-order valence-electron chi connectivity index (χ3n) is 2.44. The number of rotatable bonds is 3. The van der Waals surface area contributed by atoms with E-state index in [9.17, 15) is 4.79 Å². The van der Waals surface area contributed by atoms with Gasteiger partial charge < -0.3 is 10.2 Å². The molecule has 0 atom stereocenters. The maximum atomic E-state index is 11.8. The van der Waals surface area contributed by atoms with Crippen molar-refractivity contribution in [2.45, 2.75) is 26.2 Å². The van der Waals surface area contributed by atoms with E-state index in [1.807, 2.05) is 13.0 Å². The number of carbonyl (C=O) groups excluding carboxylic acids is 1. The number of hydrogen-bond acceptors (Lipinski definition) is 3. The van der Waals surface area contributed by atoms with E-state index in [1.165, 1.54) is 12.6 Å². The van der Waals surface area contributed by atoms with Crippen LogP contribution in [0, 0.1) is 11.3 Å². The van der Waals surface area contributed by atoms with Crippen molar-refractivity contribution in [1.29, 1.82) is 5.26 Å². The van der Waals surface area contributed by atoms with Crippen molar-refractivity contribution in [2.24, 2.45) is 0 Å². The standard InChI is InChI=1S/C11H17N3O/c1-2-13-9-10(8-12)11(15)14-6-4-3-5-7-14/h9,13H,2-7H2,1H3/b10-9-. The summed E-state index contributed by atoms with van der Waals surface area (Å²) in [7, 11) is 0. The molecule has 0 radical (unpaired) electrons. The highest BCUT2D eigenvalue weighted by atomic mass is 16.2. The molecule has 15 heavy (non-hydrogen) atoms. The van der Waals surface area contributed by atoms with Gasteiger partial charge in [-0.25, -0.2) is 0 Å². The Morgan fingerprint density at radius 2 is 2.13 bits per heavy atom. The van der Waals surface area contributed by atoms with E-state index in [4.69, 9.17) is 5.26 Å². The third-order valence-corrected chi connectivity index (χ3v) is 2.44. The topological polar surface area (TPSA) is 56.1 Å². The van der Waals surface area contributed by atoms with Crippen LogP contribution in [-0.2, 0) is 4.79 Å². The molecular weight excluding hydrogens is 190 g/mol. The molecule has 0 saturated carbocycles. The maximum absolute atomic E-state index is 11.8. The monoisotopic (exact) mass is 207 g/mol. The van der Waals surface area contributed by atoms with E-state index in [-0.39, 0.29) is 11.5 Å². The van der Waals surface area contributed by atoms with E-state index in [2.05, 4.69) is 5.32 Å². The predicted molar refractivity (Wildman–Crippen MR) is 57.8 cm³/mol. The lowest BCUT2D eigenvalue weighted by molar-refractivity contribution is -0.127. The largest absolute Gasteiger partial charge is 0.390 e. The molecule has 1 aliphatic rings. The van der Waals surface area contributed by atoms with Gasteiger partial charge in [0, 0.05) is 25.8 Å². The van der Waals surface area contributed by atoms with Crippen LogP contribution < -0.4 is 5.32 Å². The number of carbonyl (C=O) groups is 1. The molecule has 0 aromatic carbocycles. The molecular formula is C11H17N3O. The van der Waals surface area contributed by atoms with Crippen LogP contribution in [0.3, 0.4) is 0 Å². The Kier molecular flexibility index (Phi) is 4.69. The van der Waals surface area contributed by atoms with Crippen LogP contribution in [0.15, 0.2) is 11.8 Å². The van der Waals surface area contributed by atoms with Gasteiger partial charge >= 0.3 is 0 Å². The van der Waals surface area contributed by atoms with Gasteiger partial charge in [0.25, 0.3) is 5.91 Å². The van der Waals surface area contributed by atoms with Crippen LogP contribution in [-0.4, -0.2) is 30.4 Å². The first kappa shape index (κ1) is 11.6. The lowest BCUT2D eigenvalue weighted by atomic mass is 10.1. The van der Waals surface area contributed by atoms with Crippen LogP contribution in [0.5, 0.6) is 0 Å². The molecule has 0 aliphatic carbocycles. The number of nitrogens with zero attached hydrogens (tertiary/aromatic N) is 2. The predicted octanol–water partition coefficient (Wildman–Crippen LogP) is 1.02. The fourth-order valence-corrected chi connectivity index (χ4v) is 1.61. The van der Waals surface area contributed by atoms with Crippen molar-refractivity contribution >= 4 is 5.91 Å². The highest BCUT2D eigenvalue weighted by Gasteiger charge is 2.19. The smallest absolute Gasteiger partial charge is 0.265 e. The van der Waals surface area contributed by atoms with E-state index in [0.29, 0.717) is 0 Å². The van der Waals surface area contributed by atoms with Gasteiger partial charge in [0.05, 0.1) is 0 Å². The number of hydrogen-bond donors (Lipinski definition) is 1. The summed E-state index contributed by atoms with van der Waals surface area (Å²) in [4.78, 5) is 13.6. The van der Waals surface area contributed by atoms with E-state index < -0.39 is 0 Å². The fourth-order valence-electron chi connectivity index (χ4n) is 1.61. The fraction of sp³-hybridized carbons (Fsp3) is 0.636. The van der Waals surface area contributed by atoms with Crippen LogP contribution >= 0.6 is 0 Å². The Labute approximate surface area is 90.6 Å². The van der Waals surface area contributed by atoms with Gasteiger partial charge in [0.15, 0.2) is 0 Å². The summed E-state index contributed by atoms with van der Waals surface area (Å²) in [6.07, 6.45) is 4.79. The van der Waals surface area contributed by atoms with E-state index >= 15 is 0 Å². The zero-order valence-corrected chi connectivity index (χ0v) is 9.12. The normalized spacial score (nSPS) is 17.1. The maximum Gasteiger partial charge on any atom is 0.265 e. The molecule has 0 spiro atoms. The minimum Gasteiger partial charge on any atom is -0.390 e. The quantitative estimate of drug-likeness (QED) is 0.555. The second kappa shape index (κ2) is 6.07. The second-order valence-corrected chi connectivity index (χ2v) is 3.58. The Morgan fingerprint density at radius 3 is 2.67 bits per heavy atom. The third kappa shape index (κ3) is 3.28. The van der Waals surface area contributed by atoms with Crippen LogP contribution in [0.25, 0.3) is 0 Å². The summed E-state index contributed by atoms with van der Waals surface area (Å²) in [5.41, 5.74) is 0.207. The highest BCUT2D eigenvalue weighted by molar-refractivity contribution is 5.97. The number of nitriles is 1. The summed E-state index contributed by atoms with van der Waals surface area (Å²) in [6, 6.07) is 1.94. The number of nitrogens with one attached hydrogen (secondary N) is 1. The SMILES string of the molecule is CCN/C=C(/C#N)C(=O)N1CCCCC1. The Bertz CT molecular complexity index is 285. The Hall–Kier alpha value is -1.50. The summed E-state index contributed by atoms with van der Waals surface area (Å²) in [6.45, 7) is 4.21. The molecule has 1 rings (SSSR count). The summed E-state index contributed by atoms with van der Waals surface area (Å²) in [5.74, 6) is -0.141. The van der Waals surface area contributed by atoms with Gasteiger partial charge in [-0.05, 0) is 26.2 Å². The molecule has 0 aromatic rings. The molecule has 82 valence electrons. The van der Waals surface area contributed by atoms with Crippen molar-refractivity contribution in [1.82, 2.24) is 10.2 Å². The van der Waals surface area contributed by atoms with E-state index in [1.54, 1.807) is 4.90 Å². The number of likely N-dealkylation sites (tertiary alicyclic amines) is 1. The van der Waals surface area contributed by atoms with Crippen LogP contribution in [0.2, 0.25) is 0 Å². The average Bonchev–Trinajstić information content (AvgIpc) is 2.31. The van der Waals surface area contributed by atoms with E-state index in [0.717, 1.165) is 32.5 Å². The van der Waals surface area contributed by atoms with Crippen molar-refractivity contribution in [3.8, 4) is 6.07 Å². The summed E-state index contributed by atoms with van der Waals surface area (Å²) in [5, 5.41) is 11.7. The molecule has 0 bridgehead atoms. The molecule has 4 nitrogen and oxygen atoms in total. The number of piperidine rings is 1. The first-order valence-corrected chi connectivity index (χ1v) is 5.42. The molecule has 1 heterocycles. The molecule has 1 fully saturated rings. The zero-order valence-electron chi connectivity index (χ0n) is 9.12. The van der Waals surface area contributed by atoms with Gasteiger partial charge in [-0.2, -0.15) is 5.26 Å². The molecule has 0 aromatic heterocycles. The Balaban J connectivity index is 2.60. The van der Waals surface area contributed by atoms with Crippen LogP contribution in [0.1, 0.15) is 26.2 Å². The number of amides is 1. The molecule has 4 heteroatoms. The molecule has 0 unspecified atom stereocenters. The first-order valence-electron chi connectivity index (χ1n) is 5.42. The van der Waals surface area contributed by atoms with Crippen molar-refractivity contribution < 1.29 is 4.79 Å². The minimum absolute atomic E-state index is 0.141. The van der Waals surface area contributed by atoms with Crippen molar-refractivity contribution in [3.63, 3.8) is 0 Å². The Morgan fingerprint density at radius 1 is 1.47 bits per heavy atom. The van der Waals surface area contributed by atoms with Crippen LogP contribution in [0.4, 0.5) is 0 Å². The molecule has 1 aliphatic heterocycles. The van der Waals surface area contributed by atoms with Gasteiger partial charge in [-0.1, -0.05) is 0 Å². The average molecular weight is 207 g/mol. The van der Waals surface area contributed by atoms with Gasteiger partial charge in [0.2, 0.25) is 0 Å². The van der Waals surface area contributed by atoms with Gasteiger partial charge in [-0.15, -0.1) is 0 Å². The molecule has 1 amide bonds. The van der Waals surface area contributed by atoms with Crippen molar-refractivity contribution in [3.05, 3.63) is 11.8 Å². The molecule has 1 N–H and O–H groups in total. The summed E-state index contributed by atoms with van der Waals surface area (Å²) < 4.78 is 0. The minimum atomic E-state index is -0.141. The van der Waals surface area contributed by atoms with Gasteiger partial charge in [-0.3, -0.25) is 4.79 Å². The molecule has 1 saturated heterocycles. The van der Waals surface area contributed by atoms with Crippen molar-refractivity contribution in [2.75, 3.05) is 19.6 Å². The summed E-state index contributed by atoms with van der Waals surface area (Å²) >= 11 is 0. The van der Waals surface area contributed by atoms with Gasteiger partial charge in [0.1, 0.15) is 11.6 Å². The second-order valence-electron chi connectivity index (χ2n) is 3.58. The lowest BCUT2D eigenvalue weighted by Crippen LogP contribution is -2.36. The first-order chi connectivity index (χ1) is 7.29. The zero-order chi connectivity index (χ0) is 11.1. The highest BCUT2D eigenvalue weighted by Crippen LogP contribution is 2.11. The lowest BCUT2D eigenvalue weighted by Gasteiger charge is -2.26.